The third-order valence-electron chi connectivity index (χ3n) is 5.05. The number of amides is 1. The summed E-state index contributed by atoms with van der Waals surface area (Å²) in [7, 11) is 0. The quantitative estimate of drug-likeness (QED) is 0.846. The van der Waals surface area contributed by atoms with E-state index in [-0.39, 0.29) is 5.91 Å². The number of aromatic nitrogens is 1. The number of hydrogen-bond donors (Lipinski definition) is 0. The van der Waals surface area contributed by atoms with Gasteiger partial charge < -0.3 is 9.64 Å². The van der Waals surface area contributed by atoms with E-state index in [0.717, 1.165) is 42.9 Å². The minimum Gasteiger partial charge on any atom is -0.487 e. The summed E-state index contributed by atoms with van der Waals surface area (Å²) in [6, 6.07) is 10.3. The van der Waals surface area contributed by atoms with Gasteiger partial charge in [-0.3, -0.25) is 9.78 Å². The molecule has 4 heteroatoms. The summed E-state index contributed by atoms with van der Waals surface area (Å²) in [5.74, 6) is 1.64. The molecule has 0 unspecified atom stereocenters. The van der Waals surface area contributed by atoms with Crippen LogP contribution >= 0.6 is 0 Å². The minimum absolute atomic E-state index is 0.185. The Labute approximate surface area is 149 Å². The van der Waals surface area contributed by atoms with Crippen molar-refractivity contribution < 1.29 is 9.53 Å². The Balaban J connectivity index is 1.69. The maximum Gasteiger partial charge on any atom is 0.219 e. The normalized spacial score (nSPS) is 15.2. The average Bonchev–Trinajstić information content (AvgIpc) is 2.63. The summed E-state index contributed by atoms with van der Waals surface area (Å²) in [5.41, 5.74) is 4.75. The van der Waals surface area contributed by atoms with E-state index >= 15 is 0 Å². The van der Waals surface area contributed by atoms with Gasteiger partial charge in [0.25, 0.3) is 0 Å². The zero-order chi connectivity index (χ0) is 17.8. The smallest absolute Gasteiger partial charge is 0.219 e. The molecule has 1 aliphatic rings. The molecule has 1 saturated heterocycles. The lowest BCUT2D eigenvalue weighted by atomic mass is 9.86. The number of aryl methyl sites for hydroxylation is 2. The lowest BCUT2D eigenvalue weighted by molar-refractivity contribution is -0.129. The molecule has 1 amide bonds. The van der Waals surface area contributed by atoms with E-state index in [1.807, 2.05) is 23.1 Å². The monoisotopic (exact) mass is 338 g/mol. The van der Waals surface area contributed by atoms with E-state index in [4.69, 9.17) is 4.74 Å². The molecule has 1 aliphatic heterocycles. The second-order valence-corrected chi connectivity index (χ2v) is 6.86. The Morgan fingerprint density at radius 2 is 1.96 bits per heavy atom. The maximum absolute atomic E-state index is 11.5. The van der Waals surface area contributed by atoms with Crippen molar-refractivity contribution in [2.75, 3.05) is 13.1 Å². The van der Waals surface area contributed by atoms with Crippen LogP contribution in [0.15, 0.2) is 36.5 Å². The second kappa shape index (κ2) is 7.68. The highest BCUT2D eigenvalue weighted by Crippen LogP contribution is 2.34. The Morgan fingerprint density at radius 3 is 2.60 bits per heavy atom. The van der Waals surface area contributed by atoms with Crippen LogP contribution in [0.1, 0.15) is 48.1 Å². The van der Waals surface area contributed by atoms with E-state index in [9.17, 15) is 4.79 Å². The first-order valence-corrected chi connectivity index (χ1v) is 8.94. The first kappa shape index (κ1) is 17.5. The zero-order valence-corrected chi connectivity index (χ0v) is 15.3. The number of pyridine rings is 1. The van der Waals surface area contributed by atoms with Crippen LogP contribution in [0, 0.1) is 13.8 Å². The zero-order valence-electron chi connectivity index (χ0n) is 15.3. The molecule has 0 aliphatic carbocycles. The van der Waals surface area contributed by atoms with Gasteiger partial charge in [0.15, 0.2) is 0 Å². The molecule has 0 spiro atoms. The maximum atomic E-state index is 11.5. The molecule has 4 nitrogen and oxygen atoms in total. The van der Waals surface area contributed by atoms with Gasteiger partial charge in [0.2, 0.25) is 5.91 Å². The number of benzene rings is 1. The number of piperidine rings is 1. The van der Waals surface area contributed by atoms with Gasteiger partial charge in [0.05, 0.1) is 5.69 Å². The highest BCUT2D eigenvalue weighted by molar-refractivity contribution is 5.73. The molecule has 2 aromatic rings. The highest BCUT2D eigenvalue weighted by atomic mass is 16.5. The van der Waals surface area contributed by atoms with Crippen molar-refractivity contribution >= 4 is 5.91 Å². The fourth-order valence-electron chi connectivity index (χ4n) is 3.55. The average molecular weight is 338 g/mol. The molecule has 1 aromatic carbocycles. The number of carbonyl (C=O) groups is 1. The third-order valence-corrected chi connectivity index (χ3v) is 5.05. The molecule has 0 atom stereocenters. The summed E-state index contributed by atoms with van der Waals surface area (Å²) in [6.45, 7) is 8.11. The van der Waals surface area contributed by atoms with E-state index < -0.39 is 0 Å². The molecule has 0 saturated carbocycles. The van der Waals surface area contributed by atoms with Crippen LogP contribution in [0.5, 0.6) is 5.75 Å². The SMILES string of the molecule is CC(=O)N1CCC(c2cc(C)c(OCc3ccccn3)cc2C)CC1. The number of rotatable bonds is 4. The van der Waals surface area contributed by atoms with Gasteiger partial charge in [-0.2, -0.15) is 0 Å². The number of carbonyl (C=O) groups excluding carboxylic acids is 1. The van der Waals surface area contributed by atoms with Gasteiger partial charge in [-0.1, -0.05) is 12.1 Å². The van der Waals surface area contributed by atoms with Crippen LogP contribution < -0.4 is 4.74 Å². The number of ether oxygens (including phenoxy) is 1. The van der Waals surface area contributed by atoms with E-state index in [1.165, 1.54) is 11.1 Å². The van der Waals surface area contributed by atoms with Crippen LogP contribution in [-0.4, -0.2) is 28.9 Å². The van der Waals surface area contributed by atoms with Crippen LogP contribution in [0.4, 0.5) is 0 Å². The molecule has 3 rings (SSSR count). The highest BCUT2D eigenvalue weighted by Gasteiger charge is 2.23. The van der Waals surface area contributed by atoms with E-state index in [0.29, 0.717) is 12.5 Å². The standard InChI is InChI=1S/C21H26N2O2/c1-15-13-21(25-14-19-6-4-5-9-22-19)16(2)12-20(15)18-7-10-23(11-8-18)17(3)24/h4-6,9,12-13,18H,7-8,10-11,14H2,1-3H3. The van der Waals surface area contributed by atoms with Gasteiger partial charge in [0.1, 0.15) is 12.4 Å². The van der Waals surface area contributed by atoms with E-state index in [1.54, 1.807) is 13.1 Å². The number of likely N-dealkylation sites (tertiary alicyclic amines) is 1. The number of nitrogens with zero attached hydrogens (tertiary/aromatic N) is 2. The van der Waals surface area contributed by atoms with Gasteiger partial charge in [-0.25, -0.2) is 0 Å². The summed E-state index contributed by atoms with van der Waals surface area (Å²) in [5, 5.41) is 0. The number of hydrogen-bond acceptors (Lipinski definition) is 3. The van der Waals surface area contributed by atoms with Crippen LogP contribution in [0.25, 0.3) is 0 Å². The molecule has 132 valence electrons. The van der Waals surface area contributed by atoms with Crippen molar-refractivity contribution in [2.45, 2.75) is 46.1 Å². The van der Waals surface area contributed by atoms with Gasteiger partial charge in [-0.05, 0) is 67.5 Å². The van der Waals surface area contributed by atoms with Crippen molar-refractivity contribution in [1.29, 1.82) is 0 Å². The predicted molar refractivity (Wildman–Crippen MR) is 98.7 cm³/mol. The predicted octanol–water partition coefficient (Wildman–Crippen LogP) is 4.00. The Kier molecular flexibility index (Phi) is 5.37. The van der Waals surface area contributed by atoms with Crippen molar-refractivity contribution in [2.24, 2.45) is 0 Å². The van der Waals surface area contributed by atoms with Gasteiger partial charge in [-0.15, -0.1) is 0 Å². The largest absolute Gasteiger partial charge is 0.487 e. The second-order valence-electron chi connectivity index (χ2n) is 6.86. The van der Waals surface area contributed by atoms with Crippen molar-refractivity contribution in [3.05, 3.63) is 58.9 Å². The summed E-state index contributed by atoms with van der Waals surface area (Å²) < 4.78 is 5.98. The molecule has 2 heterocycles. The molecular formula is C21H26N2O2. The summed E-state index contributed by atoms with van der Waals surface area (Å²) in [6.07, 6.45) is 3.86. The van der Waals surface area contributed by atoms with Gasteiger partial charge >= 0.3 is 0 Å². The topological polar surface area (TPSA) is 42.4 Å². The molecule has 0 bridgehead atoms. The molecule has 0 radical (unpaired) electrons. The Bertz CT molecular complexity index is 735. The first-order chi connectivity index (χ1) is 12.0. The molecule has 1 aromatic heterocycles. The molecule has 1 fully saturated rings. The molecule has 25 heavy (non-hydrogen) atoms. The molecule has 0 N–H and O–H groups in total. The minimum atomic E-state index is 0.185. The van der Waals surface area contributed by atoms with E-state index in [2.05, 4.69) is 31.0 Å². The van der Waals surface area contributed by atoms with Crippen molar-refractivity contribution in [3.8, 4) is 5.75 Å². The van der Waals surface area contributed by atoms with Crippen molar-refractivity contribution in [3.63, 3.8) is 0 Å². The summed E-state index contributed by atoms with van der Waals surface area (Å²) >= 11 is 0. The van der Waals surface area contributed by atoms with Crippen LogP contribution in [0.3, 0.4) is 0 Å². The van der Waals surface area contributed by atoms with Crippen molar-refractivity contribution in [1.82, 2.24) is 9.88 Å². The first-order valence-electron chi connectivity index (χ1n) is 8.94. The Hall–Kier alpha value is -2.36. The fraction of sp³-hybridized carbons (Fsp3) is 0.429. The van der Waals surface area contributed by atoms with Gasteiger partial charge in [0, 0.05) is 26.2 Å². The summed E-state index contributed by atoms with van der Waals surface area (Å²) in [4.78, 5) is 17.7. The van der Waals surface area contributed by atoms with Crippen LogP contribution in [-0.2, 0) is 11.4 Å². The lowest BCUT2D eigenvalue weighted by Crippen LogP contribution is -2.36. The lowest BCUT2D eigenvalue weighted by Gasteiger charge is -2.32. The Morgan fingerprint density at radius 1 is 1.20 bits per heavy atom. The van der Waals surface area contributed by atoms with Crippen LogP contribution in [0.2, 0.25) is 0 Å². The third kappa shape index (κ3) is 4.19. The molecular weight excluding hydrogens is 312 g/mol. The fourth-order valence-corrected chi connectivity index (χ4v) is 3.55.